The number of benzene rings is 1. The summed E-state index contributed by atoms with van der Waals surface area (Å²) < 4.78 is 32.5. The molecular weight excluding hydrogens is 358 g/mol. The number of nitrogens with zero attached hydrogens (tertiary/aromatic N) is 3. The van der Waals surface area contributed by atoms with Gasteiger partial charge in [0.2, 0.25) is 10.0 Å². The summed E-state index contributed by atoms with van der Waals surface area (Å²) in [5.74, 6) is 0.390. The molecule has 2 aliphatic rings. The number of hydrogen-bond acceptors (Lipinski definition) is 5. The van der Waals surface area contributed by atoms with Gasteiger partial charge in [0.05, 0.1) is 18.1 Å². The van der Waals surface area contributed by atoms with Crippen LogP contribution in [0.5, 0.6) is 0 Å². The van der Waals surface area contributed by atoms with Crippen molar-refractivity contribution in [2.24, 2.45) is 0 Å². The van der Waals surface area contributed by atoms with E-state index in [9.17, 15) is 8.42 Å². The lowest BCUT2D eigenvalue weighted by atomic mass is 10.0. The molecular formula is C17H25N3O3S2. The summed E-state index contributed by atoms with van der Waals surface area (Å²) in [6.07, 6.45) is 0. The zero-order valence-electron chi connectivity index (χ0n) is 14.7. The van der Waals surface area contributed by atoms with Crippen LogP contribution in [0, 0.1) is 0 Å². The Morgan fingerprint density at radius 2 is 1.72 bits per heavy atom. The number of hydrogen-bond donors (Lipinski definition) is 0. The molecule has 0 unspecified atom stereocenters. The second-order valence-corrected chi connectivity index (χ2v) is 9.05. The maximum absolute atomic E-state index is 12.8. The molecule has 2 saturated heterocycles. The van der Waals surface area contributed by atoms with Gasteiger partial charge >= 0.3 is 0 Å². The summed E-state index contributed by atoms with van der Waals surface area (Å²) in [7, 11) is -3.42. The molecule has 1 aromatic carbocycles. The van der Waals surface area contributed by atoms with Gasteiger partial charge in [0.15, 0.2) is 0 Å². The number of sulfonamides is 1. The van der Waals surface area contributed by atoms with E-state index in [-0.39, 0.29) is 0 Å². The zero-order chi connectivity index (χ0) is 18.0. The SMILES string of the molecule is CC(C)c1ccc(S(=O)(=O)N2CCN(CN3CCOC3=S)CC2)cc1. The molecule has 0 spiro atoms. The maximum Gasteiger partial charge on any atom is 0.260 e. The minimum atomic E-state index is -3.42. The van der Waals surface area contributed by atoms with Crippen LogP contribution in [0.25, 0.3) is 0 Å². The molecule has 2 fully saturated rings. The van der Waals surface area contributed by atoms with Crippen molar-refractivity contribution in [2.45, 2.75) is 24.7 Å². The maximum atomic E-state index is 12.8. The third-order valence-electron chi connectivity index (χ3n) is 4.73. The van der Waals surface area contributed by atoms with E-state index in [1.165, 1.54) is 0 Å². The molecule has 0 bridgehead atoms. The van der Waals surface area contributed by atoms with Crippen molar-refractivity contribution in [3.63, 3.8) is 0 Å². The molecule has 6 nitrogen and oxygen atoms in total. The van der Waals surface area contributed by atoms with E-state index in [1.807, 2.05) is 17.0 Å². The molecule has 138 valence electrons. The lowest BCUT2D eigenvalue weighted by Gasteiger charge is -2.35. The number of piperazine rings is 1. The van der Waals surface area contributed by atoms with Gasteiger partial charge in [0.1, 0.15) is 6.61 Å². The summed E-state index contributed by atoms with van der Waals surface area (Å²) in [5, 5.41) is 0.542. The Morgan fingerprint density at radius 1 is 1.08 bits per heavy atom. The highest BCUT2D eigenvalue weighted by Gasteiger charge is 2.30. The van der Waals surface area contributed by atoms with Crippen LogP contribution < -0.4 is 0 Å². The number of thiocarbonyl (C=S) groups is 1. The van der Waals surface area contributed by atoms with Crippen molar-refractivity contribution < 1.29 is 13.2 Å². The molecule has 0 atom stereocenters. The first-order chi connectivity index (χ1) is 11.9. The molecule has 2 aliphatic heterocycles. The molecule has 2 heterocycles. The highest BCUT2D eigenvalue weighted by Crippen LogP contribution is 2.21. The van der Waals surface area contributed by atoms with Crippen LogP contribution in [-0.4, -0.2) is 73.7 Å². The lowest BCUT2D eigenvalue weighted by molar-refractivity contribution is 0.142. The molecule has 3 rings (SSSR count). The van der Waals surface area contributed by atoms with Gasteiger partial charge in [-0.15, -0.1) is 0 Å². The molecule has 1 aromatic rings. The van der Waals surface area contributed by atoms with E-state index in [4.69, 9.17) is 17.0 Å². The Hall–Kier alpha value is -1.22. The van der Waals surface area contributed by atoms with E-state index in [1.54, 1.807) is 16.4 Å². The van der Waals surface area contributed by atoms with Crippen molar-refractivity contribution in [1.29, 1.82) is 0 Å². The van der Waals surface area contributed by atoms with E-state index in [2.05, 4.69) is 18.7 Å². The highest BCUT2D eigenvalue weighted by molar-refractivity contribution is 7.89. The minimum absolute atomic E-state index is 0.375. The average Bonchev–Trinajstić information content (AvgIpc) is 3.00. The van der Waals surface area contributed by atoms with Gasteiger partial charge < -0.3 is 9.64 Å². The number of ether oxygens (including phenoxy) is 1. The fraction of sp³-hybridized carbons (Fsp3) is 0.588. The smallest absolute Gasteiger partial charge is 0.260 e. The van der Waals surface area contributed by atoms with E-state index < -0.39 is 10.0 Å². The second-order valence-electron chi connectivity index (χ2n) is 6.77. The molecule has 0 aliphatic carbocycles. The monoisotopic (exact) mass is 383 g/mol. The first-order valence-corrected chi connectivity index (χ1v) is 10.5. The topological polar surface area (TPSA) is 53.1 Å². The van der Waals surface area contributed by atoms with Crippen LogP contribution in [0.3, 0.4) is 0 Å². The Morgan fingerprint density at radius 3 is 2.24 bits per heavy atom. The van der Waals surface area contributed by atoms with Crippen molar-refractivity contribution in [2.75, 3.05) is 46.0 Å². The lowest BCUT2D eigenvalue weighted by Crippen LogP contribution is -2.51. The second kappa shape index (κ2) is 7.57. The third-order valence-corrected chi connectivity index (χ3v) is 7.02. The van der Waals surface area contributed by atoms with Crippen molar-refractivity contribution in [3.8, 4) is 0 Å². The summed E-state index contributed by atoms with van der Waals surface area (Å²) in [4.78, 5) is 4.61. The molecule has 25 heavy (non-hydrogen) atoms. The van der Waals surface area contributed by atoms with Crippen molar-refractivity contribution >= 4 is 27.4 Å². The van der Waals surface area contributed by atoms with Gasteiger partial charge in [0, 0.05) is 26.2 Å². The van der Waals surface area contributed by atoms with Gasteiger partial charge in [-0.25, -0.2) is 8.42 Å². The molecule has 0 radical (unpaired) electrons. The Kier molecular flexibility index (Phi) is 5.62. The van der Waals surface area contributed by atoms with Crippen LogP contribution in [0.2, 0.25) is 0 Å². The standard InChI is InChI=1S/C17H25N3O3S2/c1-14(2)15-3-5-16(6-4-15)25(21,22)20-9-7-18(8-10-20)13-19-11-12-23-17(19)24/h3-6,14H,7-13H2,1-2H3. The Bertz CT molecular complexity index is 711. The summed E-state index contributed by atoms with van der Waals surface area (Å²) in [6.45, 7) is 8.73. The first kappa shape index (κ1) is 18.6. The van der Waals surface area contributed by atoms with Crippen molar-refractivity contribution in [3.05, 3.63) is 29.8 Å². The van der Waals surface area contributed by atoms with Crippen LogP contribution in [-0.2, 0) is 14.8 Å². The summed E-state index contributed by atoms with van der Waals surface area (Å²) in [6, 6.07) is 7.25. The van der Waals surface area contributed by atoms with Crippen molar-refractivity contribution in [1.82, 2.24) is 14.1 Å². The van der Waals surface area contributed by atoms with Crippen LogP contribution >= 0.6 is 12.2 Å². The number of rotatable bonds is 5. The predicted molar refractivity (Wildman–Crippen MR) is 101 cm³/mol. The van der Waals surface area contributed by atoms with Crippen LogP contribution in [0.15, 0.2) is 29.2 Å². The van der Waals surface area contributed by atoms with Gasteiger partial charge in [-0.1, -0.05) is 26.0 Å². The first-order valence-electron chi connectivity index (χ1n) is 8.62. The van der Waals surface area contributed by atoms with Crippen LogP contribution in [0.1, 0.15) is 25.3 Å². The minimum Gasteiger partial charge on any atom is -0.469 e. The van der Waals surface area contributed by atoms with E-state index >= 15 is 0 Å². The molecule has 0 saturated carbocycles. The molecule has 0 N–H and O–H groups in total. The van der Waals surface area contributed by atoms with Gasteiger partial charge in [0.25, 0.3) is 5.17 Å². The molecule has 8 heteroatoms. The third kappa shape index (κ3) is 4.13. The van der Waals surface area contributed by atoms with Gasteiger partial charge in [-0.2, -0.15) is 4.31 Å². The largest absolute Gasteiger partial charge is 0.469 e. The summed E-state index contributed by atoms with van der Waals surface area (Å²) in [5.41, 5.74) is 1.15. The van der Waals surface area contributed by atoms with Gasteiger partial charge in [-0.3, -0.25) is 4.90 Å². The van der Waals surface area contributed by atoms with E-state index in [0.717, 1.165) is 12.1 Å². The zero-order valence-corrected chi connectivity index (χ0v) is 16.4. The Balaban J connectivity index is 1.60. The fourth-order valence-electron chi connectivity index (χ4n) is 3.08. The molecule has 0 amide bonds. The highest BCUT2D eigenvalue weighted by atomic mass is 32.2. The average molecular weight is 384 g/mol. The van der Waals surface area contributed by atoms with Crippen LogP contribution in [0.4, 0.5) is 0 Å². The fourth-order valence-corrected chi connectivity index (χ4v) is 4.74. The predicted octanol–water partition coefficient (Wildman–Crippen LogP) is 1.69. The van der Waals surface area contributed by atoms with E-state index in [0.29, 0.717) is 55.4 Å². The molecule has 0 aromatic heterocycles. The summed E-state index contributed by atoms with van der Waals surface area (Å²) >= 11 is 5.15. The normalized spacial score (nSPS) is 20.3. The Labute approximate surface area is 155 Å². The van der Waals surface area contributed by atoms with Gasteiger partial charge in [-0.05, 0) is 35.8 Å². The quantitative estimate of drug-likeness (QED) is 0.722.